The summed E-state index contributed by atoms with van der Waals surface area (Å²) in [5.41, 5.74) is 0. The summed E-state index contributed by atoms with van der Waals surface area (Å²) in [6, 6.07) is 0. The van der Waals surface area contributed by atoms with Crippen LogP contribution >= 0.6 is 67.8 Å². The summed E-state index contributed by atoms with van der Waals surface area (Å²) >= 11 is 5.93. The van der Waals surface area contributed by atoms with E-state index in [2.05, 4.69) is 0 Å². The summed E-state index contributed by atoms with van der Waals surface area (Å²) in [6.07, 6.45) is 2.33. The molecule has 0 aliphatic carbocycles. The van der Waals surface area contributed by atoms with E-state index in [-0.39, 0.29) is 17.9 Å². The van der Waals surface area contributed by atoms with Crippen LogP contribution in [0.3, 0.4) is 0 Å². The van der Waals surface area contributed by atoms with E-state index in [0.29, 0.717) is 33.1 Å². The SMILES string of the molecule is O=C(CI)OCCC[NH+](CCCOC(=O)CI)CCCOC(=O)CI. The van der Waals surface area contributed by atoms with Crippen molar-refractivity contribution in [1.82, 2.24) is 0 Å². The van der Waals surface area contributed by atoms with E-state index in [1.165, 1.54) is 4.90 Å². The van der Waals surface area contributed by atoms with E-state index in [0.717, 1.165) is 38.9 Å². The van der Waals surface area contributed by atoms with Gasteiger partial charge in [-0.15, -0.1) is 0 Å². The molecule has 0 aromatic heterocycles. The topological polar surface area (TPSA) is 83.3 Å². The van der Waals surface area contributed by atoms with Gasteiger partial charge in [-0.25, -0.2) is 0 Å². The summed E-state index contributed by atoms with van der Waals surface area (Å²) in [5, 5.41) is 0. The van der Waals surface area contributed by atoms with Gasteiger partial charge in [0, 0.05) is 19.3 Å². The van der Waals surface area contributed by atoms with Crippen LogP contribution in [0.1, 0.15) is 19.3 Å². The molecule has 0 saturated heterocycles. The molecule has 1 N–H and O–H groups in total. The summed E-state index contributed by atoms with van der Waals surface area (Å²) in [5.74, 6) is -0.587. The van der Waals surface area contributed by atoms with Gasteiger partial charge in [0.15, 0.2) is 0 Å². The van der Waals surface area contributed by atoms with Crippen LogP contribution in [0.2, 0.25) is 0 Å². The number of alkyl halides is 3. The first kappa shape index (κ1) is 25.6. The van der Waals surface area contributed by atoms with Crippen molar-refractivity contribution in [3.63, 3.8) is 0 Å². The third kappa shape index (κ3) is 16.5. The van der Waals surface area contributed by atoms with Crippen LogP contribution in [0, 0.1) is 0 Å². The summed E-state index contributed by atoms with van der Waals surface area (Å²) in [7, 11) is 0. The van der Waals surface area contributed by atoms with E-state index < -0.39 is 0 Å². The molecule has 7 nitrogen and oxygen atoms in total. The van der Waals surface area contributed by atoms with Gasteiger partial charge in [-0.3, -0.25) is 14.4 Å². The Balaban J connectivity index is 4.05. The van der Waals surface area contributed by atoms with Crippen molar-refractivity contribution in [2.24, 2.45) is 0 Å². The second kappa shape index (κ2) is 17.9. The third-order valence-corrected chi connectivity index (χ3v) is 5.01. The van der Waals surface area contributed by atoms with Crippen LogP contribution in [0.15, 0.2) is 0 Å². The Bertz CT molecular complexity index is 340. The first-order chi connectivity index (χ1) is 12.0. The van der Waals surface area contributed by atoms with Gasteiger partial charge in [-0.05, 0) is 0 Å². The Labute approximate surface area is 189 Å². The maximum atomic E-state index is 11.1. The standard InChI is InChI=1S/C15H24I3NO6/c16-10-13(20)23-7-1-4-19(5-2-8-24-14(21)11-17)6-3-9-25-15(22)12-18/h1-12H2/p+1. The molecule has 0 atom stereocenters. The van der Waals surface area contributed by atoms with Crippen molar-refractivity contribution in [2.75, 3.05) is 52.7 Å². The maximum absolute atomic E-state index is 11.1. The fourth-order valence-corrected chi connectivity index (χ4v) is 2.68. The molecule has 10 heteroatoms. The molecule has 0 unspecified atom stereocenters. The smallest absolute Gasteiger partial charge is 0.315 e. The minimum Gasteiger partial charge on any atom is -0.465 e. The normalized spacial score (nSPS) is 10.6. The number of halogens is 3. The van der Waals surface area contributed by atoms with Crippen LogP contribution in [-0.4, -0.2) is 70.6 Å². The van der Waals surface area contributed by atoms with Gasteiger partial charge in [-0.2, -0.15) is 0 Å². The fraction of sp³-hybridized carbons (Fsp3) is 0.800. The Morgan fingerprint density at radius 1 is 0.600 bits per heavy atom. The van der Waals surface area contributed by atoms with Gasteiger partial charge in [0.05, 0.1) is 52.7 Å². The van der Waals surface area contributed by atoms with Crippen molar-refractivity contribution in [3.8, 4) is 0 Å². The van der Waals surface area contributed by atoms with Gasteiger partial charge in [0.1, 0.15) is 0 Å². The quantitative estimate of drug-likeness (QED) is 0.0905. The fourth-order valence-electron chi connectivity index (χ4n) is 2.02. The number of hydrogen-bond donors (Lipinski definition) is 1. The second-order valence-electron chi connectivity index (χ2n) is 5.12. The zero-order chi connectivity index (χ0) is 18.9. The number of carbonyl (C=O) groups excluding carboxylic acids is 3. The average Bonchev–Trinajstić information content (AvgIpc) is 2.63. The van der Waals surface area contributed by atoms with Gasteiger partial charge in [0.25, 0.3) is 0 Å². The molecule has 0 radical (unpaired) electrons. The van der Waals surface area contributed by atoms with Crippen molar-refractivity contribution in [2.45, 2.75) is 19.3 Å². The van der Waals surface area contributed by atoms with E-state index in [1.807, 2.05) is 67.8 Å². The Morgan fingerprint density at radius 2 is 0.880 bits per heavy atom. The van der Waals surface area contributed by atoms with Gasteiger partial charge in [0.2, 0.25) is 0 Å². The Kier molecular flexibility index (Phi) is 18.4. The monoisotopic (exact) mass is 696 g/mol. The second-order valence-corrected chi connectivity index (χ2v) is 7.41. The number of quaternary nitrogens is 1. The van der Waals surface area contributed by atoms with E-state index >= 15 is 0 Å². The van der Waals surface area contributed by atoms with E-state index in [1.54, 1.807) is 0 Å². The molecule has 25 heavy (non-hydrogen) atoms. The van der Waals surface area contributed by atoms with E-state index in [9.17, 15) is 14.4 Å². The predicted octanol–water partition coefficient (Wildman–Crippen LogP) is 0.976. The molecule has 0 heterocycles. The molecule has 0 amide bonds. The first-order valence-electron chi connectivity index (χ1n) is 8.01. The zero-order valence-corrected chi connectivity index (χ0v) is 20.5. The highest BCUT2D eigenvalue weighted by atomic mass is 127. The highest BCUT2D eigenvalue weighted by Gasteiger charge is 2.11. The molecule has 0 saturated carbocycles. The van der Waals surface area contributed by atoms with Crippen molar-refractivity contribution in [1.29, 1.82) is 0 Å². The molecule has 0 aromatic carbocycles. The maximum Gasteiger partial charge on any atom is 0.315 e. The molecule has 0 bridgehead atoms. The van der Waals surface area contributed by atoms with Crippen molar-refractivity contribution < 1.29 is 33.5 Å². The van der Waals surface area contributed by atoms with Gasteiger partial charge >= 0.3 is 17.9 Å². The minimum absolute atomic E-state index is 0.196. The molecule has 0 aliphatic rings. The Morgan fingerprint density at radius 3 is 1.12 bits per heavy atom. The molecule has 0 aliphatic heterocycles. The average molecular weight is 696 g/mol. The van der Waals surface area contributed by atoms with Crippen LogP contribution in [0.25, 0.3) is 0 Å². The highest BCUT2D eigenvalue weighted by molar-refractivity contribution is 14.1. The number of ether oxygens (including phenoxy) is 3. The summed E-state index contributed by atoms with van der Waals surface area (Å²) in [4.78, 5) is 34.7. The molecular formula is C15H25I3NO6+. The van der Waals surface area contributed by atoms with Crippen LogP contribution < -0.4 is 4.90 Å². The Hall–Kier alpha value is 0.560. The number of hydrogen-bond acceptors (Lipinski definition) is 6. The molecule has 0 fully saturated rings. The largest absolute Gasteiger partial charge is 0.465 e. The molecule has 0 rings (SSSR count). The zero-order valence-electron chi connectivity index (χ0n) is 14.1. The van der Waals surface area contributed by atoms with Crippen LogP contribution in [0.5, 0.6) is 0 Å². The van der Waals surface area contributed by atoms with Crippen molar-refractivity contribution >= 4 is 85.7 Å². The lowest BCUT2D eigenvalue weighted by molar-refractivity contribution is -0.900. The summed E-state index contributed by atoms with van der Waals surface area (Å²) in [6.45, 7) is 3.82. The molecule has 0 aromatic rings. The van der Waals surface area contributed by atoms with Crippen LogP contribution in [-0.2, 0) is 28.6 Å². The molecule has 146 valence electrons. The highest BCUT2D eigenvalue weighted by Crippen LogP contribution is 1.90. The minimum atomic E-state index is -0.196. The lowest BCUT2D eigenvalue weighted by Gasteiger charge is -2.19. The predicted molar refractivity (Wildman–Crippen MR) is 119 cm³/mol. The van der Waals surface area contributed by atoms with Gasteiger partial charge < -0.3 is 19.1 Å². The number of nitrogens with one attached hydrogen (secondary N) is 1. The number of esters is 3. The number of carbonyl (C=O) groups is 3. The van der Waals surface area contributed by atoms with Crippen molar-refractivity contribution in [3.05, 3.63) is 0 Å². The lowest BCUT2D eigenvalue weighted by atomic mass is 10.3. The lowest BCUT2D eigenvalue weighted by Crippen LogP contribution is -3.12. The summed E-state index contributed by atoms with van der Waals surface area (Å²) < 4.78 is 16.3. The van der Waals surface area contributed by atoms with E-state index in [4.69, 9.17) is 14.2 Å². The first-order valence-corrected chi connectivity index (χ1v) is 12.6. The van der Waals surface area contributed by atoms with Crippen LogP contribution in [0.4, 0.5) is 0 Å². The molecule has 0 spiro atoms. The third-order valence-electron chi connectivity index (χ3n) is 3.14. The molecular weight excluding hydrogens is 671 g/mol. The number of rotatable bonds is 15. The van der Waals surface area contributed by atoms with Gasteiger partial charge in [-0.1, -0.05) is 67.8 Å².